The fourth-order valence-electron chi connectivity index (χ4n) is 4.02. The summed E-state index contributed by atoms with van der Waals surface area (Å²) in [6.07, 6.45) is -0.0134. The van der Waals surface area contributed by atoms with Gasteiger partial charge in [0.2, 0.25) is 18.0 Å². The molecule has 1 aromatic carbocycles. The minimum atomic E-state index is -1.17. The average Bonchev–Trinajstić information content (AvgIpc) is 2.79. The van der Waals surface area contributed by atoms with E-state index in [1.165, 1.54) is 15.7 Å². The van der Waals surface area contributed by atoms with Crippen LogP contribution < -0.4 is 21.2 Å². The van der Waals surface area contributed by atoms with Crippen LogP contribution in [0.25, 0.3) is 0 Å². The lowest BCUT2D eigenvalue weighted by Crippen LogP contribution is -2.57. The zero-order valence-corrected chi connectivity index (χ0v) is 18.6. The Morgan fingerprint density at radius 1 is 1.29 bits per heavy atom. The van der Waals surface area contributed by atoms with Gasteiger partial charge in [-0.25, -0.2) is 13.6 Å². The Morgan fingerprint density at radius 3 is 2.77 bits per heavy atom. The van der Waals surface area contributed by atoms with Crippen molar-refractivity contribution in [2.24, 2.45) is 5.73 Å². The molecule has 2 aliphatic heterocycles. The Balaban J connectivity index is 1.69. The van der Waals surface area contributed by atoms with Crippen LogP contribution in [0.3, 0.4) is 0 Å². The molecular formula is C22H22F2N4O7. The highest BCUT2D eigenvalue weighted by molar-refractivity contribution is 5.99. The molecule has 4 rings (SSSR count). The second-order valence-electron chi connectivity index (χ2n) is 8.02. The van der Waals surface area contributed by atoms with Gasteiger partial charge in [-0.2, -0.15) is 0 Å². The molecule has 3 heterocycles. The van der Waals surface area contributed by atoms with Crippen LogP contribution in [0.5, 0.6) is 5.75 Å². The normalized spacial score (nSPS) is 18.9. The summed E-state index contributed by atoms with van der Waals surface area (Å²) >= 11 is 0. The molecule has 0 bridgehead atoms. The van der Waals surface area contributed by atoms with E-state index in [1.54, 1.807) is 0 Å². The molecule has 11 nitrogen and oxygen atoms in total. The van der Waals surface area contributed by atoms with Gasteiger partial charge in [0.15, 0.2) is 11.9 Å². The standard InChI is InChI=1S/C22H22F2N4O7/c1-11-4-5-33-16-9-27-8-14(20(30)26-7-12-2-3-13(23)6-15(12)24)18(29)19(34-10-35-22(25)32)17(27)21(31)28(11)16/h2-3,6,8,11,16H,4-5,7,9-10H2,1H3,(H2,25,32)(H,26,30)/t11-,16+/m1/s1. The molecular weight excluding hydrogens is 470 g/mol. The molecule has 1 saturated heterocycles. The Morgan fingerprint density at radius 2 is 2.06 bits per heavy atom. The van der Waals surface area contributed by atoms with Crippen LogP contribution >= 0.6 is 0 Å². The number of rotatable bonds is 6. The van der Waals surface area contributed by atoms with Gasteiger partial charge in [-0.1, -0.05) is 6.07 Å². The number of hydrogen-bond acceptors (Lipinski definition) is 7. The van der Waals surface area contributed by atoms with Crippen molar-refractivity contribution in [3.05, 3.63) is 63.1 Å². The Bertz CT molecular complexity index is 1250. The van der Waals surface area contributed by atoms with E-state index in [2.05, 4.69) is 10.1 Å². The number of nitrogens with one attached hydrogen (secondary N) is 1. The number of pyridine rings is 1. The molecule has 2 aromatic rings. The van der Waals surface area contributed by atoms with Gasteiger partial charge < -0.3 is 34.7 Å². The summed E-state index contributed by atoms with van der Waals surface area (Å²) in [4.78, 5) is 51.7. The first-order chi connectivity index (χ1) is 16.7. The maximum atomic E-state index is 13.9. The number of carbonyl (C=O) groups is 3. The molecule has 2 aliphatic rings. The molecule has 1 fully saturated rings. The monoisotopic (exact) mass is 492 g/mol. The zero-order chi connectivity index (χ0) is 25.3. The lowest BCUT2D eigenvalue weighted by Gasteiger charge is -2.44. The maximum absolute atomic E-state index is 13.9. The highest BCUT2D eigenvalue weighted by atomic mass is 19.1. The lowest BCUT2D eigenvalue weighted by molar-refractivity contribution is -0.112. The predicted molar refractivity (Wildman–Crippen MR) is 114 cm³/mol. The first-order valence-electron chi connectivity index (χ1n) is 10.7. The molecule has 0 radical (unpaired) electrons. The number of primary amides is 1. The van der Waals surface area contributed by atoms with E-state index in [9.17, 15) is 28.0 Å². The molecule has 0 spiro atoms. The van der Waals surface area contributed by atoms with Crippen molar-refractivity contribution in [1.29, 1.82) is 0 Å². The van der Waals surface area contributed by atoms with Crippen LogP contribution in [-0.2, 0) is 22.6 Å². The van der Waals surface area contributed by atoms with Crippen molar-refractivity contribution in [2.75, 3.05) is 13.4 Å². The maximum Gasteiger partial charge on any atom is 0.407 e. The van der Waals surface area contributed by atoms with Crippen molar-refractivity contribution in [2.45, 2.75) is 38.7 Å². The smallest absolute Gasteiger partial charge is 0.407 e. The highest BCUT2D eigenvalue weighted by Gasteiger charge is 2.41. The quantitative estimate of drug-likeness (QED) is 0.575. The molecule has 0 saturated carbocycles. The fourth-order valence-corrected chi connectivity index (χ4v) is 4.02. The average molecular weight is 492 g/mol. The van der Waals surface area contributed by atoms with Crippen LogP contribution in [0.2, 0.25) is 0 Å². The van der Waals surface area contributed by atoms with Crippen LogP contribution in [-0.4, -0.2) is 53.0 Å². The number of amides is 3. The number of fused-ring (bicyclic) bond motifs is 2. The summed E-state index contributed by atoms with van der Waals surface area (Å²) in [5.41, 5.74) is 3.43. The number of nitrogens with two attached hydrogens (primary N) is 1. The van der Waals surface area contributed by atoms with E-state index in [4.69, 9.17) is 15.2 Å². The largest absolute Gasteiger partial charge is 0.451 e. The zero-order valence-electron chi connectivity index (χ0n) is 18.6. The van der Waals surface area contributed by atoms with E-state index in [1.807, 2.05) is 6.92 Å². The van der Waals surface area contributed by atoms with Gasteiger partial charge in [0, 0.05) is 30.4 Å². The topological polar surface area (TPSA) is 142 Å². The van der Waals surface area contributed by atoms with Crippen molar-refractivity contribution < 1.29 is 37.4 Å². The molecule has 35 heavy (non-hydrogen) atoms. The van der Waals surface area contributed by atoms with Gasteiger partial charge in [0.25, 0.3) is 11.8 Å². The number of ether oxygens (including phenoxy) is 3. The first kappa shape index (κ1) is 24.1. The van der Waals surface area contributed by atoms with Crippen molar-refractivity contribution in [3.8, 4) is 5.75 Å². The van der Waals surface area contributed by atoms with Gasteiger partial charge in [-0.15, -0.1) is 0 Å². The molecule has 3 amide bonds. The van der Waals surface area contributed by atoms with E-state index >= 15 is 0 Å². The Kier molecular flexibility index (Phi) is 6.69. The minimum absolute atomic E-state index is 0.000411. The molecule has 1 aromatic heterocycles. The summed E-state index contributed by atoms with van der Waals surface area (Å²) in [6, 6.07) is 2.69. The van der Waals surface area contributed by atoms with Gasteiger partial charge in [-0.3, -0.25) is 14.4 Å². The second kappa shape index (κ2) is 9.70. The van der Waals surface area contributed by atoms with Crippen LogP contribution in [0.1, 0.15) is 39.8 Å². The second-order valence-corrected chi connectivity index (χ2v) is 8.02. The minimum Gasteiger partial charge on any atom is -0.451 e. The van der Waals surface area contributed by atoms with Crippen LogP contribution in [0, 0.1) is 11.6 Å². The lowest BCUT2D eigenvalue weighted by atomic mass is 10.1. The van der Waals surface area contributed by atoms with Crippen molar-refractivity contribution in [1.82, 2.24) is 14.8 Å². The summed E-state index contributed by atoms with van der Waals surface area (Å²) in [5, 5.41) is 2.40. The van der Waals surface area contributed by atoms with Crippen LogP contribution in [0.4, 0.5) is 13.6 Å². The SMILES string of the molecule is C[C@@H]1CCO[C@H]2Cn3cc(C(=O)NCc4ccc(F)cc4F)c(=O)c(OCOC(N)=O)c3C(=O)N12. The first-order valence-corrected chi connectivity index (χ1v) is 10.7. The summed E-state index contributed by atoms with van der Waals surface area (Å²) < 4.78 is 43.9. The van der Waals surface area contributed by atoms with Crippen molar-refractivity contribution >= 4 is 17.9 Å². The fraction of sp³-hybridized carbons (Fsp3) is 0.364. The molecule has 2 atom stereocenters. The van der Waals surface area contributed by atoms with Gasteiger partial charge in [-0.05, 0) is 19.4 Å². The predicted octanol–water partition coefficient (Wildman–Crippen LogP) is 1.08. The number of nitrogens with zero attached hydrogens (tertiary/aromatic N) is 2. The third-order valence-corrected chi connectivity index (χ3v) is 5.76. The molecule has 0 unspecified atom stereocenters. The number of halogens is 2. The van der Waals surface area contributed by atoms with Gasteiger partial charge in [0.05, 0.1) is 13.2 Å². The van der Waals surface area contributed by atoms with E-state index in [-0.39, 0.29) is 30.4 Å². The van der Waals surface area contributed by atoms with E-state index in [0.717, 1.165) is 12.1 Å². The molecule has 186 valence electrons. The van der Waals surface area contributed by atoms with E-state index < -0.39 is 59.3 Å². The van der Waals surface area contributed by atoms with Crippen LogP contribution in [0.15, 0.2) is 29.2 Å². The third-order valence-electron chi connectivity index (χ3n) is 5.76. The summed E-state index contributed by atoms with van der Waals surface area (Å²) in [5.74, 6) is -3.59. The highest BCUT2D eigenvalue weighted by Crippen LogP contribution is 2.29. The molecule has 3 N–H and O–H groups in total. The van der Waals surface area contributed by atoms with Gasteiger partial charge >= 0.3 is 6.09 Å². The van der Waals surface area contributed by atoms with E-state index in [0.29, 0.717) is 19.1 Å². The number of aromatic nitrogens is 1. The third kappa shape index (κ3) is 4.80. The Labute approximate surface area is 197 Å². The number of hydrogen-bond donors (Lipinski definition) is 2. The Hall–Kier alpha value is -4.00. The summed E-state index contributed by atoms with van der Waals surface area (Å²) in [7, 11) is 0. The summed E-state index contributed by atoms with van der Waals surface area (Å²) in [6.45, 7) is 1.27. The molecule has 0 aliphatic carbocycles. The van der Waals surface area contributed by atoms with Gasteiger partial charge in [0.1, 0.15) is 17.2 Å². The number of benzene rings is 1. The molecule has 13 heteroatoms. The van der Waals surface area contributed by atoms with Crippen molar-refractivity contribution in [3.63, 3.8) is 0 Å². The number of carbonyl (C=O) groups excluding carboxylic acids is 3.